The number of aliphatic carboxylic acids is 1. The van der Waals surface area contributed by atoms with Gasteiger partial charge in [-0.25, -0.2) is 9.59 Å². The Morgan fingerprint density at radius 2 is 1.70 bits per heavy atom. The first kappa shape index (κ1) is 30.0. The van der Waals surface area contributed by atoms with Crippen molar-refractivity contribution in [2.45, 2.75) is 58.2 Å². The van der Waals surface area contributed by atoms with Crippen molar-refractivity contribution < 1.29 is 42.1 Å². The Bertz CT molecular complexity index is 981. The average molecular weight is 526 g/mol. The van der Waals surface area contributed by atoms with Crippen LogP contribution in [0.1, 0.15) is 50.7 Å². The van der Waals surface area contributed by atoms with Crippen LogP contribution in [-0.2, 0) is 22.1 Å². The van der Waals surface area contributed by atoms with Crippen LogP contribution < -0.4 is 9.47 Å². The zero-order valence-electron chi connectivity index (χ0n) is 21.1. The van der Waals surface area contributed by atoms with Gasteiger partial charge in [-0.1, -0.05) is 44.4 Å². The molecule has 10 heteroatoms. The fourth-order valence-corrected chi connectivity index (χ4v) is 3.55. The summed E-state index contributed by atoms with van der Waals surface area (Å²) in [5.74, 6) is -0.677. The minimum absolute atomic E-state index is 0.140. The molecule has 0 aliphatic heterocycles. The van der Waals surface area contributed by atoms with Crippen LogP contribution in [0.2, 0.25) is 0 Å². The van der Waals surface area contributed by atoms with Gasteiger partial charge in [-0.15, -0.1) is 0 Å². The van der Waals surface area contributed by atoms with Crippen LogP contribution in [-0.4, -0.2) is 54.5 Å². The standard InChI is InChI=1S/C27H34F3NO6/c1-3-5-6-7-15-31(26(34)37-23-10-8-9-21(19-23)27(28,29)30)16-17-36-22-13-11-20(12-14-22)18-24(25(32)33)35-4-2/h8-14,19,24H,3-7,15-18H2,1-2H3,(H,32,33). The molecule has 1 unspecified atom stereocenters. The Morgan fingerprint density at radius 3 is 2.32 bits per heavy atom. The average Bonchev–Trinajstić information content (AvgIpc) is 2.85. The first-order chi connectivity index (χ1) is 17.6. The highest BCUT2D eigenvalue weighted by Crippen LogP contribution is 2.31. The number of carbonyl (C=O) groups excluding carboxylic acids is 1. The molecule has 0 aliphatic rings. The molecular weight excluding hydrogens is 491 g/mol. The van der Waals surface area contributed by atoms with Crippen molar-refractivity contribution in [2.75, 3.05) is 26.3 Å². The first-order valence-corrected chi connectivity index (χ1v) is 12.3. The topological polar surface area (TPSA) is 85.3 Å². The van der Waals surface area contributed by atoms with Gasteiger partial charge in [0.2, 0.25) is 0 Å². The van der Waals surface area contributed by atoms with E-state index in [4.69, 9.17) is 14.2 Å². The van der Waals surface area contributed by atoms with Gasteiger partial charge in [-0.3, -0.25) is 0 Å². The van der Waals surface area contributed by atoms with Crippen LogP contribution in [0.3, 0.4) is 0 Å². The lowest BCUT2D eigenvalue weighted by Crippen LogP contribution is -2.37. The summed E-state index contributed by atoms with van der Waals surface area (Å²) in [4.78, 5) is 25.4. The van der Waals surface area contributed by atoms with Gasteiger partial charge in [0, 0.05) is 19.6 Å². The van der Waals surface area contributed by atoms with Crippen LogP contribution >= 0.6 is 0 Å². The third-order valence-corrected chi connectivity index (χ3v) is 5.52. The van der Waals surface area contributed by atoms with Crippen molar-refractivity contribution in [3.8, 4) is 11.5 Å². The molecule has 0 radical (unpaired) electrons. The number of carboxylic acids is 1. The Hall–Kier alpha value is -3.27. The van der Waals surface area contributed by atoms with Gasteiger partial charge in [0.25, 0.3) is 0 Å². The molecule has 0 bridgehead atoms. The van der Waals surface area contributed by atoms with E-state index in [2.05, 4.69) is 6.92 Å². The minimum Gasteiger partial charge on any atom is -0.492 e. The van der Waals surface area contributed by atoms with Crippen LogP contribution in [0.5, 0.6) is 11.5 Å². The molecule has 0 spiro atoms. The zero-order valence-corrected chi connectivity index (χ0v) is 21.1. The molecule has 1 amide bonds. The number of carbonyl (C=O) groups is 2. The van der Waals surface area contributed by atoms with Crippen molar-refractivity contribution in [3.63, 3.8) is 0 Å². The number of halogens is 3. The number of amides is 1. The molecule has 0 fully saturated rings. The highest BCUT2D eigenvalue weighted by molar-refractivity contribution is 5.72. The first-order valence-electron chi connectivity index (χ1n) is 12.3. The summed E-state index contributed by atoms with van der Waals surface area (Å²) in [6.07, 6.45) is -2.33. The molecule has 0 saturated heterocycles. The van der Waals surface area contributed by atoms with Crippen molar-refractivity contribution in [1.29, 1.82) is 0 Å². The van der Waals surface area contributed by atoms with Crippen LogP contribution in [0.4, 0.5) is 18.0 Å². The summed E-state index contributed by atoms with van der Waals surface area (Å²) in [5, 5.41) is 9.22. The number of alkyl halides is 3. The molecule has 0 heterocycles. The predicted octanol–water partition coefficient (Wildman–Crippen LogP) is 6.20. The van der Waals surface area contributed by atoms with E-state index < -0.39 is 29.9 Å². The molecule has 0 saturated carbocycles. The second kappa shape index (κ2) is 15.1. The Labute approximate surface area is 215 Å². The van der Waals surface area contributed by atoms with Crippen molar-refractivity contribution in [1.82, 2.24) is 4.90 Å². The lowest BCUT2D eigenvalue weighted by Gasteiger charge is -2.22. The summed E-state index contributed by atoms with van der Waals surface area (Å²) in [6, 6.07) is 11.1. The van der Waals surface area contributed by atoms with E-state index >= 15 is 0 Å². The molecular formula is C27H34F3NO6. The number of benzene rings is 2. The zero-order chi connectivity index (χ0) is 27.3. The second-order valence-corrected chi connectivity index (χ2v) is 8.42. The van der Waals surface area contributed by atoms with Crippen LogP contribution in [0, 0.1) is 0 Å². The Morgan fingerprint density at radius 1 is 0.973 bits per heavy atom. The van der Waals surface area contributed by atoms with E-state index in [9.17, 15) is 27.9 Å². The third kappa shape index (κ3) is 10.7. The van der Waals surface area contributed by atoms with Gasteiger partial charge in [-0.2, -0.15) is 13.2 Å². The Kier molecular flexibility index (Phi) is 12.2. The van der Waals surface area contributed by atoms with Crippen molar-refractivity contribution in [3.05, 3.63) is 59.7 Å². The van der Waals surface area contributed by atoms with Gasteiger partial charge in [-0.05, 0) is 49.2 Å². The number of carboxylic acid groups (broad SMARTS) is 1. The molecule has 2 aromatic rings. The van der Waals surface area contributed by atoms with E-state index in [0.29, 0.717) is 18.9 Å². The molecule has 0 aliphatic carbocycles. The van der Waals surface area contributed by atoms with Crippen molar-refractivity contribution >= 4 is 12.1 Å². The van der Waals surface area contributed by atoms with Gasteiger partial charge >= 0.3 is 18.2 Å². The normalized spacial score (nSPS) is 12.1. The van der Waals surface area contributed by atoms with Crippen molar-refractivity contribution in [2.24, 2.45) is 0 Å². The lowest BCUT2D eigenvalue weighted by atomic mass is 10.1. The number of nitrogens with zero attached hydrogens (tertiary/aromatic N) is 1. The molecule has 1 atom stereocenters. The smallest absolute Gasteiger partial charge is 0.416 e. The molecule has 0 aromatic heterocycles. The van der Waals surface area contributed by atoms with E-state index in [-0.39, 0.29) is 25.3 Å². The Balaban J connectivity index is 1.96. The van der Waals surface area contributed by atoms with E-state index in [1.165, 1.54) is 17.0 Å². The predicted molar refractivity (Wildman–Crippen MR) is 132 cm³/mol. The summed E-state index contributed by atoms with van der Waals surface area (Å²) in [7, 11) is 0. The molecule has 37 heavy (non-hydrogen) atoms. The monoisotopic (exact) mass is 525 g/mol. The fraction of sp³-hybridized carbons (Fsp3) is 0.481. The maximum atomic E-state index is 13.0. The number of hydrogen-bond donors (Lipinski definition) is 1. The van der Waals surface area contributed by atoms with Gasteiger partial charge < -0.3 is 24.2 Å². The maximum Gasteiger partial charge on any atom is 0.416 e. The number of unbranched alkanes of at least 4 members (excludes halogenated alkanes) is 3. The van der Waals surface area contributed by atoms with E-state index in [0.717, 1.165) is 43.4 Å². The van der Waals surface area contributed by atoms with Crippen LogP contribution in [0.15, 0.2) is 48.5 Å². The van der Waals surface area contributed by atoms with E-state index in [1.807, 2.05) is 0 Å². The highest BCUT2D eigenvalue weighted by Gasteiger charge is 2.31. The summed E-state index contributed by atoms with van der Waals surface area (Å²) in [6.45, 7) is 4.79. The van der Waals surface area contributed by atoms with Gasteiger partial charge in [0.1, 0.15) is 18.1 Å². The minimum atomic E-state index is -4.54. The molecule has 2 aromatic carbocycles. The quantitative estimate of drug-likeness (QED) is 0.279. The summed E-state index contributed by atoms with van der Waals surface area (Å²) < 4.78 is 55.2. The van der Waals surface area contributed by atoms with E-state index in [1.54, 1.807) is 31.2 Å². The molecule has 7 nitrogen and oxygen atoms in total. The lowest BCUT2D eigenvalue weighted by molar-refractivity contribution is -0.150. The maximum absolute atomic E-state index is 13.0. The number of hydrogen-bond acceptors (Lipinski definition) is 5. The third-order valence-electron chi connectivity index (χ3n) is 5.52. The molecule has 1 N–H and O–H groups in total. The summed E-state index contributed by atoms with van der Waals surface area (Å²) in [5.41, 5.74) is -0.120. The molecule has 204 valence electrons. The second-order valence-electron chi connectivity index (χ2n) is 8.42. The summed E-state index contributed by atoms with van der Waals surface area (Å²) >= 11 is 0. The van der Waals surface area contributed by atoms with Gasteiger partial charge in [0.05, 0.1) is 12.1 Å². The SMILES string of the molecule is CCCCCCN(CCOc1ccc(CC(OCC)C(=O)O)cc1)C(=O)Oc1cccc(C(F)(F)F)c1. The number of ether oxygens (including phenoxy) is 3. The van der Waals surface area contributed by atoms with Crippen LogP contribution in [0.25, 0.3) is 0 Å². The van der Waals surface area contributed by atoms with Gasteiger partial charge in [0.15, 0.2) is 6.10 Å². The molecule has 2 rings (SSSR count). The fourth-order valence-electron chi connectivity index (χ4n) is 3.55. The number of rotatable bonds is 15. The highest BCUT2D eigenvalue weighted by atomic mass is 19.4. The largest absolute Gasteiger partial charge is 0.492 e.